The molecule has 0 aromatic heterocycles. The monoisotopic (exact) mass is 285 g/mol. The number of carbonyl (C=O) groups is 1. The quantitative estimate of drug-likeness (QED) is 0.837. The second-order valence-electron chi connectivity index (χ2n) is 6.83. The molecule has 3 rings (SSSR count). The van der Waals surface area contributed by atoms with Gasteiger partial charge in [0.15, 0.2) is 0 Å². The molecule has 2 heteroatoms. The van der Waals surface area contributed by atoms with E-state index in [0.717, 1.165) is 12.1 Å². The Hall–Kier alpha value is -1.31. The van der Waals surface area contributed by atoms with Gasteiger partial charge in [-0.05, 0) is 59.8 Å². The van der Waals surface area contributed by atoms with Crippen LogP contribution in [0.1, 0.15) is 92.3 Å². The molecule has 21 heavy (non-hydrogen) atoms. The third-order valence-corrected chi connectivity index (χ3v) is 5.59. The molecule has 1 heterocycles. The number of hydrogen-bond donors (Lipinski definition) is 1. The van der Waals surface area contributed by atoms with Crippen LogP contribution in [0.2, 0.25) is 0 Å². The first kappa shape index (κ1) is 14.6. The van der Waals surface area contributed by atoms with Crippen molar-refractivity contribution in [3.8, 4) is 0 Å². The Morgan fingerprint density at radius 1 is 1.19 bits per heavy atom. The standard InChI is InChI=1S/C19H27NO/c1-4-9-19(10-5-2)11-13(6-3)17-15-12-20-18(21)14(15)7-8-16(17)19/h7-8,13H,4-6,9-12H2,1-3H3,(H,20,21). The normalized spacial score (nSPS) is 22.0. The zero-order chi connectivity index (χ0) is 15.0. The van der Waals surface area contributed by atoms with Gasteiger partial charge in [-0.2, -0.15) is 0 Å². The van der Waals surface area contributed by atoms with Crippen molar-refractivity contribution in [2.45, 2.75) is 77.2 Å². The van der Waals surface area contributed by atoms with Gasteiger partial charge >= 0.3 is 0 Å². The molecule has 1 unspecified atom stereocenters. The minimum Gasteiger partial charge on any atom is -0.348 e. The number of carbonyl (C=O) groups excluding carboxylic acids is 1. The van der Waals surface area contributed by atoms with Crippen molar-refractivity contribution in [1.82, 2.24) is 5.32 Å². The van der Waals surface area contributed by atoms with Crippen LogP contribution in [-0.2, 0) is 12.0 Å². The van der Waals surface area contributed by atoms with E-state index in [0.29, 0.717) is 11.3 Å². The van der Waals surface area contributed by atoms with Crippen LogP contribution < -0.4 is 5.32 Å². The van der Waals surface area contributed by atoms with Gasteiger partial charge in [0.1, 0.15) is 0 Å². The molecule has 1 atom stereocenters. The molecular weight excluding hydrogens is 258 g/mol. The SMILES string of the molecule is CCCC1(CCC)CC(CC)c2c1ccc1c2CNC1=O. The number of nitrogens with one attached hydrogen (secondary N) is 1. The number of hydrogen-bond acceptors (Lipinski definition) is 1. The largest absolute Gasteiger partial charge is 0.348 e. The van der Waals surface area contributed by atoms with Gasteiger partial charge in [0.2, 0.25) is 0 Å². The summed E-state index contributed by atoms with van der Waals surface area (Å²) in [5.74, 6) is 0.756. The Bertz CT molecular complexity index is 555. The first-order valence-electron chi connectivity index (χ1n) is 8.61. The van der Waals surface area contributed by atoms with Crippen LogP contribution in [0.25, 0.3) is 0 Å². The van der Waals surface area contributed by atoms with Crippen molar-refractivity contribution in [2.75, 3.05) is 0 Å². The van der Waals surface area contributed by atoms with Gasteiger partial charge in [-0.3, -0.25) is 4.79 Å². The van der Waals surface area contributed by atoms with E-state index < -0.39 is 0 Å². The summed E-state index contributed by atoms with van der Waals surface area (Å²) in [6, 6.07) is 4.36. The maximum absolute atomic E-state index is 12.0. The molecule has 1 aliphatic heterocycles. The minimum absolute atomic E-state index is 0.117. The van der Waals surface area contributed by atoms with Crippen molar-refractivity contribution < 1.29 is 4.79 Å². The third kappa shape index (κ3) is 2.11. The average Bonchev–Trinajstić information content (AvgIpc) is 3.00. The van der Waals surface area contributed by atoms with Gasteiger partial charge in [-0.25, -0.2) is 0 Å². The highest BCUT2D eigenvalue weighted by molar-refractivity contribution is 5.99. The summed E-state index contributed by atoms with van der Waals surface area (Å²) >= 11 is 0. The predicted molar refractivity (Wildman–Crippen MR) is 86.8 cm³/mol. The fraction of sp³-hybridized carbons (Fsp3) is 0.632. The molecule has 0 spiro atoms. The van der Waals surface area contributed by atoms with Crippen LogP contribution in [-0.4, -0.2) is 5.91 Å². The Balaban J connectivity index is 2.15. The molecule has 2 aliphatic rings. The lowest BCUT2D eigenvalue weighted by atomic mass is 9.74. The first-order chi connectivity index (χ1) is 10.2. The molecule has 0 bridgehead atoms. The molecule has 1 aromatic rings. The Morgan fingerprint density at radius 3 is 2.52 bits per heavy atom. The van der Waals surface area contributed by atoms with Crippen LogP contribution in [0.15, 0.2) is 12.1 Å². The van der Waals surface area contributed by atoms with Gasteiger partial charge in [-0.15, -0.1) is 0 Å². The summed E-state index contributed by atoms with van der Waals surface area (Å²) < 4.78 is 0. The summed E-state index contributed by atoms with van der Waals surface area (Å²) in [5.41, 5.74) is 5.68. The van der Waals surface area contributed by atoms with E-state index in [4.69, 9.17) is 0 Å². The van der Waals surface area contributed by atoms with Crippen LogP contribution in [0, 0.1) is 0 Å². The minimum atomic E-state index is 0.117. The molecule has 2 nitrogen and oxygen atoms in total. The lowest BCUT2D eigenvalue weighted by molar-refractivity contribution is 0.0965. The molecule has 0 saturated heterocycles. The van der Waals surface area contributed by atoms with E-state index in [9.17, 15) is 4.79 Å². The molecule has 114 valence electrons. The number of benzene rings is 1. The van der Waals surface area contributed by atoms with Crippen LogP contribution in [0.4, 0.5) is 0 Å². The number of amides is 1. The van der Waals surface area contributed by atoms with Crippen molar-refractivity contribution in [3.05, 3.63) is 34.4 Å². The lowest BCUT2D eigenvalue weighted by Crippen LogP contribution is -2.23. The summed E-state index contributed by atoms with van der Waals surface area (Å²) in [5, 5.41) is 3.01. The van der Waals surface area contributed by atoms with Crippen LogP contribution in [0.3, 0.4) is 0 Å². The molecule has 1 N–H and O–H groups in total. The second-order valence-corrected chi connectivity index (χ2v) is 6.83. The molecule has 0 saturated carbocycles. The van der Waals surface area contributed by atoms with Crippen molar-refractivity contribution in [1.29, 1.82) is 0 Å². The van der Waals surface area contributed by atoms with E-state index in [2.05, 4.69) is 38.2 Å². The summed E-state index contributed by atoms with van der Waals surface area (Å²) in [6.07, 6.45) is 7.52. The van der Waals surface area contributed by atoms with E-state index in [1.54, 1.807) is 5.56 Å². The smallest absolute Gasteiger partial charge is 0.251 e. The Labute approximate surface area is 128 Å². The predicted octanol–water partition coefficient (Wildman–Crippen LogP) is 4.67. The Morgan fingerprint density at radius 2 is 1.90 bits per heavy atom. The zero-order valence-electron chi connectivity index (χ0n) is 13.6. The van der Waals surface area contributed by atoms with E-state index >= 15 is 0 Å². The van der Waals surface area contributed by atoms with E-state index in [1.165, 1.54) is 49.7 Å². The summed E-state index contributed by atoms with van der Waals surface area (Å²) in [6.45, 7) is 7.64. The number of rotatable bonds is 5. The summed E-state index contributed by atoms with van der Waals surface area (Å²) in [7, 11) is 0. The summed E-state index contributed by atoms with van der Waals surface area (Å²) in [4.78, 5) is 12.0. The topological polar surface area (TPSA) is 29.1 Å². The van der Waals surface area contributed by atoms with Crippen LogP contribution in [0.5, 0.6) is 0 Å². The Kier molecular flexibility index (Phi) is 3.81. The van der Waals surface area contributed by atoms with Gasteiger partial charge in [0.05, 0.1) is 0 Å². The van der Waals surface area contributed by atoms with Crippen molar-refractivity contribution in [3.63, 3.8) is 0 Å². The molecular formula is C19H27NO. The van der Waals surface area contributed by atoms with Crippen molar-refractivity contribution in [2.24, 2.45) is 0 Å². The fourth-order valence-electron chi connectivity index (χ4n) is 4.85. The maximum atomic E-state index is 12.0. The van der Waals surface area contributed by atoms with E-state index in [1.807, 2.05) is 0 Å². The maximum Gasteiger partial charge on any atom is 0.251 e. The average molecular weight is 285 g/mol. The van der Waals surface area contributed by atoms with Crippen LogP contribution >= 0.6 is 0 Å². The van der Waals surface area contributed by atoms with Gasteiger partial charge < -0.3 is 5.32 Å². The number of fused-ring (bicyclic) bond motifs is 3. The highest BCUT2D eigenvalue weighted by Crippen LogP contribution is 2.54. The molecule has 1 aromatic carbocycles. The zero-order valence-corrected chi connectivity index (χ0v) is 13.6. The third-order valence-electron chi connectivity index (χ3n) is 5.59. The highest BCUT2D eigenvalue weighted by atomic mass is 16.1. The fourth-order valence-corrected chi connectivity index (χ4v) is 4.85. The first-order valence-corrected chi connectivity index (χ1v) is 8.61. The molecule has 0 fully saturated rings. The highest BCUT2D eigenvalue weighted by Gasteiger charge is 2.44. The molecule has 0 radical (unpaired) electrons. The second kappa shape index (κ2) is 5.47. The molecule has 1 amide bonds. The lowest BCUT2D eigenvalue weighted by Gasteiger charge is -2.30. The van der Waals surface area contributed by atoms with Gasteiger partial charge in [0, 0.05) is 12.1 Å². The molecule has 1 aliphatic carbocycles. The van der Waals surface area contributed by atoms with E-state index in [-0.39, 0.29) is 5.91 Å². The van der Waals surface area contributed by atoms with Gasteiger partial charge in [0.25, 0.3) is 5.91 Å². The van der Waals surface area contributed by atoms with Crippen molar-refractivity contribution >= 4 is 5.91 Å². The van der Waals surface area contributed by atoms with Gasteiger partial charge in [-0.1, -0.05) is 39.7 Å².